The van der Waals surface area contributed by atoms with Crippen LogP contribution in [-0.2, 0) is 4.74 Å². The van der Waals surface area contributed by atoms with Gasteiger partial charge in [0.1, 0.15) is 12.0 Å². The van der Waals surface area contributed by atoms with Crippen molar-refractivity contribution in [2.75, 3.05) is 18.5 Å². The summed E-state index contributed by atoms with van der Waals surface area (Å²) in [5, 5.41) is 3.31. The van der Waals surface area contributed by atoms with Crippen LogP contribution >= 0.6 is 0 Å². The molecule has 4 heteroatoms. The standard InChI is InChI=1S/C21H22N2O2/c1-4-24-16(3)14-23-19-9-7-17(8-10-19)20-13-18(6-5-15(20)2)21-22-11-12-25-21/h5-13,23H,3-4,14H2,1-2H3. The van der Waals surface area contributed by atoms with Crippen LogP contribution in [0.3, 0.4) is 0 Å². The zero-order valence-corrected chi connectivity index (χ0v) is 14.6. The van der Waals surface area contributed by atoms with Crippen molar-refractivity contribution in [2.24, 2.45) is 0 Å². The minimum Gasteiger partial charge on any atom is -0.497 e. The number of nitrogens with zero attached hydrogens (tertiary/aromatic N) is 1. The molecule has 0 saturated carbocycles. The van der Waals surface area contributed by atoms with E-state index in [1.807, 2.05) is 13.0 Å². The third-order valence-electron chi connectivity index (χ3n) is 3.95. The van der Waals surface area contributed by atoms with Gasteiger partial charge >= 0.3 is 0 Å². The Hall–Kier alpha value is -3.01. The van der Waals surface area contributed by atoms with Crippen molar-refractivity contribution in [3.63, 3.8) is 0 Å². The maximum Gasteiger partial charge on any atom is 0.225 e. The van der Waals surface area contributed by atoms with Crippen molar-refractivity contribution >= 4 is 5.69 Å². The minimum absolute atomic E-state index is 0.603. The van der Waals surface area contributed by atoms with Crippen molar-refractivity contribution < 1.29 is 9.15 Å². The Balaban J connectivity index is 1.78. The molecule has 0 aliphatic rings. The molecular formula is C21H22N2O2. The fraction of sp³-hybridized carbons (Fsp3) is 0.190. The molecule has 0 aliphatic heterocycles. The molecule has 0 atom stereocenters. The van der Waals surface area contributed by atoms with Gasteiger partial charge in [0.15, 0.2) is 0 Å². The first kappa shape index (κ1) is 16.8. The lowest BCUT2D eigenvalue weighted by molar-refractivity contribution is 0.230. The zero-order chi connectivity index (χ0) is 17.6. The molecule has 3 rings (SSSR count). The van der Waals surface area contributed by atoms with Crippen LogP contribution in [0.5, 0.6) is 0 Å². The van der Waals surface area contributed by atoms with E-state index >= 15 is 0 Å². The molecule has 1 heterocycles. The second-order valence-electron chi connectivity index (χ2n) is 5.77. The molecule has 4 nitrogen and oxygen atoms in total. The van der Waals surface area contributed by atoms with E-state index < -0.39 is 0 Å². The van der Waals surface area contributed by atoms with Crippen molar-refractivity contribution in [2.45, 2.75) is 13.8 Å². The Morgan fingerprint density at radius 3 is 2.60 bits per heavy atom. The van der Waals surface area contributed by atoms with E-state index in [0.717, 1.165) is 22.6 Å². The predicted octanol–water partition coefficient (Wildman–Crippen LogP) is 5.28. The largest absolute Gasteiger partial charge is 0.497 e. The van der Waals surface area contributed by atoms with Gasteiger partial charge in [0.25, 0.3) is 0 Å². The Bertz CT molecular complexity index is 837. The van der Waals surface area contributed by atoms with E-state index in [2.05, 4.69) is 60.2 Å². The third kappa shape index (κ3) is 4.10. The summed E-state index contributed by atoms with van der Waals surface area (Å²) < 4.78 is 10.8. The molecule has 25 heavy (non-hydrogen) atoms. The lowest BCUT2D eigenvalue weighted by Crippen LogP contribution is -2.06. The highest BCUT2D eigenvalue weighted by Gasteiger charge is 2.08. The highest BCUT2D eigenvalue weighted by molar-refractivity contribution is 5.74. The average Bonchev–Trinajstić information content (AvgIpc) is 3.16. The molecule has 0 radical (unpaired) electrons. The van der Waals surface area contributed by atoms with Gasteiger partial charge in [-0.05, 0) is 54.8 Å². The smallest absolute Gasteiger partial charge is 0.225 e. The lowest BCUT2D eigenvalue weighted by Gasteiger charge is -2.11. The number of oxazole rings is 1. The number of aromatic nitrogens is 1. The summed E-state index contributed by atoms with van der Waals surface area (Å²) >= 11 is 0. The van der Waals surface area contributed by atoms with Crippen molar-refractivity contribution in [1.82, 2.24) is 4.98 Å². The van der Waals surface area contributed by atoms with Gasteiger partial charge in [0.2, 0.25) is 5.89 Å². The van der Waals surface area contributed by atoms with Crippen molar-refractivity contribution in [1.29, 1.82) is 0 Å². The number of rotatable bonds is 7. The Morgan fingerprint density at radius 2 is 1.92 bits per heavy atom. The lowest BCUT2D eigenvalue weighted by atomic mass is 9.98. The first-order valence-electron chi connectivity index (χ1n) is 8.32. The van der Waals surface area contributed by atoms with Gasteiger partial charge in [-0.3, -0.25) is 0 Å². The van der Waals surface area contributed by atoms with E-state index in [0.29, 0.717) is 19.0 Å². The van der Waals surface area contributed by atoms with Gasteiger partial charge in [0, 0.05) is 11.3 Å². The number of benzene rings is 2. The van der Waals surface area contributed by atoms with Crippen LogP contribution in [0.1, 0.15) is 12.5 Å². The molecule has 1 aromatic heterocycles. The second-order valence-corrected chi connectivity index (χ2v) is 5.77. The Morgan fingerprint density at radius 1 is 1.16 bits per heavy atom. The molecule has 0 amide bonds. The minimum atomic E-state index is 0.603. The van der Waals surface area contributed by atoms with E-state index in [1.54, 1.807) is 12.5 Å². The molecule has 2 aromatic carbocycles. The van der Waals surface area contributed by atoms with Gasteiger partial charge in [0.05, 0.1) is 19.3 Å². The van der Waals surface area contributed by atoms with E-state index in [9.17, 15) is 0 Å². The van der Waals surface area contributed by atoms with Crippen LogP contribution in [0.25, 0.3) is 22.6 Å². The monoisotopic (exact) mass is 334 g/mol. The first-order valence-corrected chi connectivity index (χ1v) is 8.32. The van der Waals surface area contributed by atoms with Crippen LogP contribution in [0, 0.1) is 6.92 Å². The molecule has 3 aromatic rings. The Labute approximate surface area is 148 Å². The number of hydrogen-bond donors (Lipinski definition) is 1. The molecule has 0 unspecified atom stereocenters. The van der Waals surface area contributed by atoms with E-state index in [4.69, 9.17) is 9.15 Å². The molecular weight excluding hydrogens is 312 g/mol. The van der Waals surface area contributed by atoms with E-state index in [-0.39, 0.29) is 0 Å². The topological polar surface area (TPSA) is 47.3 Å². The van der Waals surface area contributed by atoms with Crippen LogP contribution in [-0.4, -0.2) is 18.1 Å². The summed E-state index contributed by atoms with van der Waals surface area (Å²) in [7, 11) is 0. The van der Waals surface area contributed by atoms with Crippen LogP contribution < -0.4 is 5.32 Å². The fourth-order valence-corrected chi connectivity index (χ4v) is 2.66. The highest BCUT2D eigenvalue weighted by atomic mass is 16.5. The van der Waals surface area contributed by atoms with Gasteiger partial charge in [-0.25, -0.2) is 4.98 Å². The molecule has 0 fully saturated rings. The second kappa shape index (κ2) is 7.71. The average molecular weight is 334 g/mol. The first-order chi connectivity index (χ1) is 12.2. The maximum absolute atomic E-state index is 5.40. The maximum atomic E-state index is 5.40. The predicted molar refractivity (Wildman–Crippen MR) is 101 cm³/mol. The number of ether oxygens (including phenoxy) is 1. The Kier molecular flexibility index (Phi) is 5.19. The molecule has 0 spiro atoms. The number of nitrogens with one attached hydrogen (secondary N) is 1. The molecule has 128 valence electrons. The number of anilines is 1. The van der Waals surface area contributed by atoms with Crippen LogP contribution in [0.2, 0.25) is 0 Å². The van der Waals surface area contributed by atoms with Crippen LogP contribution in [0.4, 0.5) is 5.69 Å². The van der Waals surface area contributed by atoms with Gasteiger partial charge in [-0.2, -0.15) is 0 Å². The van der Waals surface area contributed by atoms with Gasteiger partial charge in [-0.1, -0.05) is 24.8 Å². The third-order valence-corrected chi connectivity index (χ3v) is 3.95. The highest BCUT2D eigenvalue weighted by Crippen LogP contribution is 2.29. The van der Waals surface area contributed by atoms with Gasteiger partial charge in [-0.15, -0.1) is 0 Å². The fourth-order valence-electron chi connectivity index (χ4n) is 2.66. The molecule has 0 saturated heterocycles. The molecule has 0 aliphatic carbocycles. The quantitative estimate of drug-likeness (QED) is 0.597. The summed E-state index contributed by atoms with van der Waals surface area (Å²) in [6, 6.07) is 14.6. The van der Waals surface area contributed by atoms with E-state index in [1.165, 1.54) is 11.1 Å². The van der Waals surface area contributed by atoms with Gasteiger partial charge < -0.3 is 14.5 Å². The number of hydrogen-bond acceptors (Lipinski definition) is 4. The van der Waals surface area contributed by atoms with Crippen LogP contribution in [0.15, 0.2) is 71.7 Å². The summed E-state index contributed by atoms with van der Waals surface area (Å²) in [6.07, 6.45) is 3.25. The zero-order valence-electron chi connectivity index (χ0n) is 14.6. The molecule has 1 N–H and O–H groups in total. The summed E-state index contributed by atoms with van der Waals surface area (Å²) in [5.41, 5.74) is 5.54. The summed E-state index contributed by atoms with van der Waals surface area (Å²) in [6.45, 7) is 9.17. The summed E-state index contributed by atoms with van der Waals surface area (Å²) in [5.74, 6) is 1.37. The SMILES string of the molecule is C=C(CNc1ccc(-c2cc(-c3ncco3)ccc2C)cc1)OCC. The molecule has 0 bridgehead atoms. The normalized spacial score (nSPS) is 10.5. The number of aryl methyl sites for hydroxylation is 1. The van der Waals surface area contributed by atoms with Crippen molar-refractivity contribution in [3.05, 3.63) is 72.8 Å². The summed E-state index contributed by atoms with van der Waals surface area (Å²) in [4.78, 5) is 4.22. The van der Waals surface area contributed by atoms with Crippen molar-refractivity contribution in [3.8, 4) is 22.6 Å².